The molecule has 0 amide bonds. The van der Waals surface area contributed by atoms with Gasteiger partial charge < -0.3 is 10.1 Å². The summed E-state index contributed by atoms with van der Waals surface area (Å²) in [5.41, 5.74) is 1.06. The van der Waals surface area contributed by atoms with Gasteiger partial charge in [0.15, 0.2) is 0 Å². The summed E-state index contributed by atoms with van der Waals surface area (Å²) in [5.74, 6) is -0.179. The average Bonchev–Trinajstić information content (AvgIpc) is 2.59. The summed E-state index contributed by atoms with van der Waals surface area (Å²) >= 11 is 1.72. The van der Waals surface area contributed by atoms with Crippen molar-refractivity contribution in [3.05, 3.63) is 21.4 Å². The summed E-state index contributed by atoms with van der Waals surface area (Å²) < 4.78 is 5.12. The molecule has 4 heteroatoms. The van der Waals surface area contributed by atoms with Crippen LogP contribution in [0.2, 0.25) is 0 Å². The minimum Gasteiger partial charge on any atom is -0.465 e. The van der Waals surface area contributed by atoms with Crippen molar-refractivity contribution in [3.8, 4) is 0 Å². The first-order chi connectivity index (χ1) is 8.10. The summed E-state index contributed by atoms with van der Waals surface area (Å²) in [6, 6.07) is 1.75. The van der Waals surface area contributed by atoms with Gasteiger partial charge in [-0.25, -0.2) is 4.79 Å². The van der Waals surface area contributed by atoms with Crippen molar-refractivity contribution in [3.63, 3.8) is 0 Å². The summed E-state index contributed by atoms with van der Waals surface area (Å²) in [5, 5.41) is 3.26. The molecule has 0 radical (unpaired) electrons. The third-order valence-corrected chi connectivity index (χ3v) is 3.49. The van der Waals surface area contributed by atoms with Crippen LogP contribution in [0.4, 0.5) is 0 Å². The molecular formula is C13H21NO2S. The molecule has 1 heterocycles. The topological polar surface area (TPSA) is 38.3 Å². The van der Waals surface area contributed by atoms with Crippen LogP contribution in [0.3, 0.4) is 0 Å². The Balaban J connectivity index is 2.88. The van der Waals surface area contributed by atoms with Gasteiger partial charge in [0.1, 0.15) is 6.04 Å². The quantitative estimate of drug-likeness (QED) is 0.794. The molecule has 3 nitrogen and oxygen atoms in total. The number of rotatable bonds is 6. The molecule has 0 aromatic carbocycles. The minimum atomic E-state index is -0.320. The van der Waals surface area contributed by atoms with Crippen molar-refractivity contribution in [2.45, 2.75) is 40.2 Å². The monoisotopic (exact) mass is 255 g/mol. The van der Waals surface area contributed by atoms with Crippen LogP contribution in [-0.4, -0.2) is 19.1 Å². The molecule has 0 bridgehead atoms. The second-order valence-electron chi connectivity index (χ2n) is 4.01. The number of esters is 1. The van der Waals surface area contributed by atoms with E-state index in [-0.39, 0.29) is 12.0 Å². The van der Waals surface area contributed by atoms with Crippen LogP contribution in [-0.2, 0) is 9.53 Å². The number of nitrogens with one attached hydrogen (secondary N) is 1. The molecule has 0 aliphatic carbocycles. The number of hydrogen-bond donors (Lipinski definition) is 1. The Bertz CT molecular complexity index is 373. The Hall–Kier alpha value is -0.870. The second kappa shape index (κ2) is 6.77. The number of hydrogen-bond acceptors (Lipinski definition) is 4. The van der Waals surface area contributed by atoms with Gasteiger partial charge in [-0.1, -0.05) is 6.92 Å². The van der Waals surface area contributed by atoms with Crippen molar-refractivity contribution in [1.29, 1.82) is 0 Å². The van der Waals surface area contributed by atoms with Gasteiger partial charge in [-0.2, -0.15) is 0 Å². The summed E-state index contributed by atoms with van der Waals surface area (Å²) in [6.45, 7) is 9.26. The van der Waals surface area contributed by atoms with Gasteiger partial charge in [0.2, 0.25) is 0 Å². The minimum absolute atomic E-state index is 0.179. The van der Waals surface area contributed by atoms with Crippen LogP contribution in [0.15, 0.2) is 6.07 Å². The number of carbonyl (C=O) groups excluding carboxylic acids is 1. The van der Waals surface area contributed by atoms with Crippen molar-refractivity contribution < 1.29 is 9.53 Å². The van der Waals surface area contributed by atoms with E-state index in [1.165, 1.54) is 9.75 Å². The van der Waals surface area contributed by atoms with E-state index in [9.17, 15) is 4.79 Å². The van der Waals surface area contributed by atoms with Crippen LogP contribution in [0.5, 0.6) is 0 Å². The molecule has 0 saturated heterocycles. The van der Waals surface area contributed by atoms with E-state index in [1.807, 2.05) is 13.8 Å². The molecule has 0 aliphatic heterocycles. The standard InChI is InChI=1S/C13H21NO2S/c1-5-7-14-12(13(15)16-6-2)11-8-9(3)17-10(11)4/h8,12,14H,5-7H2,1-4H3. The summed E-state index contributed by atoms with van der Waals surface area (Å²) in [6.07, 6.45) is 0.998. The van der Waals surface area contributed by atoms with E-state index in [1.54, 1.807) is 11.3 Å². The van der Waals surface area contributed by atoms with Crippen LogP contribution >= 0.6 is 11.3 Å². The first-order valence-corrected chi connectivity index (χ1v) is 6.88. The first kappa shape index (κ1) is 14.2. The lowest BCUT2D eigenvalue weighted by molar-refractivity contribution is -0.145. The van der Waals surface area contributed by atoms with Gasteiger partial charge in [-0.15, -0.1) is 11.3 Å². The highest BCUT2D eigenvalue weighted by Crippen LogP contribution is 2.27. The van der Waals surface area contributed by atoms with Gasteiger partial charge in [0, 0.05) is 9.75 Å². The molecule has 17 heavy (non-hydrogen) atoms. The molecule has 1 rings (SSSR count). The maximum atomic E-state index is 11.9. The molecule has 1 atom stereocenters. The smallest absolute Gasteiger partial charge is 0.327 e. The van der Waals surface area contributed by atoms with E-state index >= 15 is 0 Å². The maximum Gasteiger partial charge on any atom is 0.327 e. The molecule has 1 N–H and O–H groups in total. The van der Waals surface area contributed by atoms with Gasteiger partial charge in [-0.05, 0) is 45.4 Å². The lowest BCUT2D eigenvalue weighted by Gasteiger charge is -2.16. The molecule has 0 fully saturated rings. The molecule has 96 valence electrons. The zero-order valence-corrected chi connectivity index (χ0v) is 11.8. The highest BCUT2D eigenvalue weighted by Gasteiger charge is 2.23. The number of aryl methyl sites for hydroxylation is 2. The van der Waals surface area contributed by atoms with Crippen LogP contribution in [0, 0.1) is 13.8 Å². The number of ether oxygens (including phenoxy) is 1. The van der Waals surface area contributed by atoms with Gasteiger partial charge in [0.25, 0.3) is 0 Å². The molecule has 1 aromatic rings. The fraction of sp³-hybridized carbons (Fsp3) is 0.615. The van der Waals surface area contributed by atoms with E-state index in [2.05, 4.69) is 25.2 Å². The predicted molar refractivity (Wildman–Crippen MR) is 71.5 cm³/mol. The molecule has 0 spiro atoms. The Kier molecular flexibility index (Phi) is 5.65. The van der Waals surface area contributed by atoms with Crippen LogP contribution < -0.4 is 5.32 Å². The van der Waals surface area contributed by atoms with Crippen molar-refractivity contribution in [2.75, 3.05) is 13.2 Å². The molecule has 0 saturated carbocycles. The highest BCUT2D eigenvalue weighted by molar-refractivity contribution is 7.12. The highest BCUT2D eigenvalue weighted by atomic mass is 32.1. The van der Waals surface area contributed by atoms with Crippen LogP contribution in [0.25, 0.3) is 0 Å². The number of carbonyl (C=O) groups is 1. The fourth-order valence-corrected chi connectivity index (χ4v) is 2.74. The SMILES string of the molecule is CCCNC(C(=O)OCC)c1cc(C)sc1C. The number of thiophene rings is 1. The zero-order valence-electron chi connectivity index (χ0n) is 11.0. The average molecular weight is 255 g/mol. The molecule has 0 aliphatic rings. The van der Waals surface area contributed by atoms with Crippen molar-refractivity contribution in [2.24, 2.45) is 0 Å². The van der Waals surface area contributed by atoms with E-state index in [4.69, 9.17) is 4.74 Å². The van der Waals surface area contributed by atoms with Crippen LogP contribution in [0.1, 0.15) is 41.6 Å². The summed E-state index contributed by atoms with van der Waals surface area (Å²) in [4.78, 5) is 14.3. The largest absolute Gasteiger partial charge is 0.465 e. The third kappa shape index (κ3) is 3.82. The van der Waals surface area contributed by atoms with E-state index in [0.29, 0.717) is 6.61 Å². The third-order valence-electron chi connectivity index (χ3n) is 2.51. The summed E-state index contributed by atoms with van der Waals surface area (Å²) in [7, 11) is 0. The van der Waals surface area contributed by atoms with Gasteiger partial charge >= 0.3 is 5.97 Å². The van der Waals surface area contributed by atoms with Gasteiger partial charge in [0.05, 0.1) is 6.61 Å². The van der Waals surface area contributed by atoms with E-state index < -0.39 is 0 Å². The molecule has 1 unspecified atom stereocenters. The first-order valence-electron chi connectivity index (χ1n) is 6.07. The van der Waals surface area contributed by atoms with Gasteiger partial charge in [-0.3, -0.25) is 0 Å². The Morgan fingerprint density at radius 1 is 1.47 bits per heavy atom. The maximum absolute atomic E-state index is 11.9. The second-order valence-corrected chi connectivity index (χ2v) is 5.47. The fourth-order valence-electron chi connectivity index (χ4n) is 1.77. The predicted octanol–water partition coefficient (Wildman–Crippen LogP) is 2.97. The van der Waals surface area contributed by atoms with Crippen molar-refractivity contribution in [1.82, 2.24) is 5.32 Å². The Morgan fingerprint density at radius 3 is 2.65 bits per heavy atom. The normalized spacial score (nSPS) is 12.5. The Labute approximate surface area is 107 Å². The molecule has 1 aromatic heterocycles. The molecular weight excluding hydrogens is 234 g/mol. The lowest BCUT2D eigenvalue weighted by atomic mass is 10.1. The zero-order chi connectivity index (χ0) is 12.8. The van der Waals surface area contributed by atoms with Crippen molar-refractivity contribution >= 4 is 17.3 Å². The Morgan fingerprint density at radius 2 is 2.18 bits per heavy atom. The lowest BCUT2D eigenvalue weighted by Crippen LogP contribution is -2.31. The van der Waals surface area contributed by atoms with E-state index in [0.717, 1.165) is 18.5 Å².